The van der Waals surface area contributed by atoms with Gasteiger partial charge in [-0.25, -0.2) is 9.78 Å². The minimum Gasteiger partial charge on any atom is -0.453 e. The minimum atomic E-state index is -0.520. The fraction of sp³-hybridized carbons (Fsp3) is 0.355. The molecule has 2 bridgehead atoms. The Morgan fingerprint density at radius 3 is 2.77 bits per heavy atom. The van der Waals surface area contributed by atoms with Crippen molar-refractivity contribution in [3.05, 3.63) is 75.9 Å². The van der Waals surface area contributed by atoms with Crippen molar-refractivity contribution in [3.8, 4) is 16.9 Å². The van der Waals surface area contributed by atoms with E-state index in [1.165, 1.54) is 24.2 Å². The van der Waals surface area contributed by atoms with Gasteiger partial charge in [-0.3, -0.25) is 10.1 Å². The SMILES string of the molecule is COC(=O)Nc1ccc2c(c1)CCCCCCCC1(CC1NC(=O)/C=C/c1cc(Cl)ccc1-n1cnnn1)c1nc-2c(Cl)[nH]1. The van der Waals surface area contributed by atoms with Crippen LogP contribution in [-0.4, -0.2) is 55.3 Å². The molecule has 44 heavy (non-hydrogen) atoms. The van der Waals surface area contributed by atoms with Crippen molar-refractivity contribution in [2.75, 3.05) is 12.4 Å². The maximum Gasteiger partial charge on any atom is 0.411 e. The fourth-order valence-corrected chi connectivity index (χ4v) is 6.42. The Labute approximate surface area is 264 Å². The van der Waals surface area contributed by atoms with E-state index in [-0.39, 0.29) is 17.4 Å². The summed E-state index contributed by atoms with van der Waals surface area (Å²) in [6, 6.07) is 10.9. The van der Waals surface area contributed by atoms with Gasteiger partial charge in [0, 0.05) is 34.0 Å². The zero-order valence-electron chi connectivity index (χ0n) is 24.1. The first kappa shape index (κ1) is 29.8. The first-order valence-corrected chi connectivity index (χ1v) is 15.4. The highest BCUT2D eigenvalue weighted by Gasteiger charge is 2.57. The molecule has 0 radical (unpaired) electrons. The molecule has 13 heteroatoms. The molecule has 2 amide bonds. The minimum absolute atomic E-state index is 0.0932. The van der Waals surface area contributed by atoms with Crippen LogP contribution in [0.25, 0.3) is 23.0 Å². The molecule has 3 heterocycles. The van der Waals surface area contributed by atoms with E-state index < -0.39 is 6.09 Å². The molecule has 3 N–H and O–H groups in total. The van der Waals surface area contributed by atoms with Crippen LogP contribution in [0.4, 0.5) is 10.5 Å². The number of rotatable bonds is 5. The molecule has 2 atom stereocenters. The molecule has 2 aliphatic rings. The summed E-state index contributed by atoms with van der Waals surface area (Å²) in [6.07, 6.45) is 12.0. The number of nitrogens with zero attached hydrogens (tertiary/aromatic N) is 5. The lowest BCUT2D eigenvalue weighted by molar-refractivity contribution is -0.116. The van der Waals surface area contributed by atoms with Crippen LogP contribution < -0.4 is 10.6 Å². The third kappa shape index (κ3) is 6.34. The molecule has 1 aliphatic carbocycles. The van der Waals surface area contributed by atoms with Crippen LogP contribution in [0.2, 0.25) is 10.2 Å². The molecule has 2 aromatic carbocycles. The average molecular weight is 636 g/mol. The molecule has 2 unspecified atom stereocenters. The van der Waals surface area contributed by atoms with E-state index in [4.69, 9.17) is 32.9 Å². The molecule has 1 fully saturated rings. The molecule has 1 spiro atoms. The molecule has 1 saturated carbocycles. The summed E-state index contributed by atoms with van der Waals surface area (Å²) in [6.45, 7) is 0. The molecule has 228 valence electrons. The normalized spacial score (nSPS) is 19.8. The van der Waals surface area contributed by atoms with Crippen molar-refractivity contribution in [1.82, 2.24) is 35.5 Å². The van der Waals surface area contributed by atoms with Gasteiger partial charge in [0.05, 0.1) is 18.2 Å². The number of carbonyl (C=O) groups is 2. The number of hydrogen-bond donors (Lipinski definition) is 3. The van der Waals surface area contributed by atoms with E-state index in [0.29, 0.717) is 32.8 Å². The largest absolute Gasteiger partial charge is 0.453 e. The van der Waals surface area contributed by atoms with Crippen LogP contribution in [0.5, 0.6) is 0 Å². The quantitative estimate of drug-likeness (QED) is 0.220. The van der Waals surface area contributed by atoms with Crippen LogP contribution >= 0.6 is 23.2 Å². The molecule has 4 aromatic rings. The smallest absolute Gasteiger partial charge is 0.411 e. The van der Waals surface area contributed by atoms with E-state index in [0.717, 1.165) is 68.3 Å². The number of aromatic nitrogens is 6. The van der Waals surface area contributed by atoms with Crippen molar-refractivity contribution < 1.29 is 14.3 Å². The summed E-state index contributed by atoms with van der Waals surface area (Å²) in [5, 5.41) is 18.3. The molecule has 0 saturated heterocycles. The van der Waals surface area contributed by atoms with Crippen molar-refractivity contribution in [3.63, 3.8) is 0 Å². The van der Waals surface area contributed by atoms with Crippen molar-refractivity contribution in [2.45, 2.75) is 62.8 Å². The van der Waals surface area contributed by atoms with E-state index in [9.17, 15) is 9.59 Å². The highest BCUT2D eigenvalue weighted by Crippen LogP contribution is 2.52. The average Bonchev–Trinajstić information content (AvgIpc) is 3.31. The molecule has 6 rings (SSSR count). The Kier molecular flexibility index (Phi) is 8.67. The van der Waals surface area contributed by atoms with Gasteiger partial charge >= 0.3 is 6.09 Å². The number of imidazole rings is 1. The van der Waals surface area contributed by atoms with Crippen LogP contribution in [0.15, 0.2) is 48.8 Å². The van der Waals surface area contributed by atoms with Gasteiger partial charge < -0.3 is 15.0 Å². The zero-order valence-corrected chi connectivity index (χ0v) is 25.7. The number of nitrogens with one attached hydrogen (secondary N) is 3. The number of benzene rings is 2. The molecular formula is C31H32Cl2N8O3. The second-order valence-corrected chi connectivity index (χ2v) is 12.0. The van der Waals surface area contributed by atoms with Gasteiger partial charge in [0.15, 0.2) is 0 Å². The maximum atomic E-state index is 13.1. The Morgan fingerprint density at radius 1 is 1.11 bits per heavy atom. The first-order valence-electron chi connectivity index (χ1n) is 14.6. The highest BCUT2D eigenvalue weighted by atomic mass is 35.5. The summed E-state index contributed by atoms with van der Waals surface area (Å²) in [7, 11) is 1.34. The van der Waals surface area contributed by atoms with E-state index in [2.05, 4.69) is 31.1 Å². The van der Waals surface area contributed by atoms with Crippen LogP contribution in [0.1, 0.15) is 61.9 Å². The summed E-state index contributed by atoms with van der Waals surface area (Å²) in [4.78, 5) is 33.3. The number of tetrazole rings is 1. The van der Waals surface area contributed by atoms with Gasteiger partial charge in [0.1, 0.15) is 23.0 Å². The molecule has 11 nitrogen and oxygen atoms in total. The van der Waals surface area contributed by atoms with Crippen LogP contribution in [0, 0.1) is 0 Å². The van der Waals surface area contributed by atoms with Crippen molar-refractivity contribution >= 4 is 47.0 Å². The number of fused-ring (bicyclic) bond motifs is 5. The summed E-state index contributed by atoms with van der Waals surface area (Å²) >= 11 is 13.0. The lowest BCUT2D eigenvalue weighted by Crippen LogP contribution is -2.30. The topological polar surface area (TPSA) is 140 Å². The van der Waals surface area contributed by atoms with Gasteiger partial charge in [-0.2, -0.15) is 4.68 Å². The Balaban J connectivity index is 1.24. The monoisotopic (exact) mass is 634 g/mol. The second-order valence-electron chi connectivity index (χ2n) is 11.2. The van der Waals surface area contributed by atoms with Gasteiger partial charge in [0.2, 0.25) is 5.91 Å². The van der Waals surface area contributed by atoms with Gasteiger partial charge in [0.25, 0.3) is 0 Å². The lowest BCUT2D eigenvalue weighted by atomic mass is 9.95. The second kappa shape index (κ2) is 12.8. The molecular weight excluding hydrogens is 603 g/mol. The third-order valence-electron chi connectivity index (χ3n) is 8.38. The number of ether oxygens (including phenoxy) is 1. The Hall–Kier alpha value is -4.22. The van der Waals surface area contributed by atoms with E-state index >= 15 is 0 Å². The zero-order chi connectivity index (χ0) is 30.7. The summed E-state index contributed by atoms with van der Waals surface area (Å²) < 4.78 is 6.28. The number of H-pyrrole nitrogens is 1. The lowest BCUT2D eigenvalue weighted by Gasteiger charge is -2.15. The number of amides is 2. The number of anilines is 1. The number of methoxy groups -OCH3 is 1. The predicted molar refractivity (Wildman–Crippen MR) is 168 cm³/mol. The van der Waals surface area contributed by atoms with Gasteiger partial charge in [-0.1, -0.05) is 55.0 Å². The third-order valence-corrected chi connectivity index (χ3v) is 8.89. The standard InChI is InChI=1S/C31H32Cl2N8O3/c1-44-30(43)35-22-10-11-23-19(16-22)7-5-3-2-4-6-14-31(29-37-27(23)28(33)38-29)17-25(31)36-26(42)13-8-20-15-21(32)9-12-24(20)41-18-34-39-40-41/h8-13,15-16,18,25H,2-7,14,17H2,1H3,(H,35,43)(H,36,42)(H,37,38)/b13-8+. The maximum absolute atomic E-state index is 13.1. The number of carbonyl (C=O) groups excluding carboxylic acids is 2. The number of halogens is 2. The summed E-state index contributed by atoms with van der Waals surface area (Å²) in [5.74, 6) is 0.566. The van der Waals surface area contributed by atoms with E-state index in [1.54, 1.807) is 24.3 Å². The molecule has 1 aliphatic heterocycles. The van der Waals surface area contributed by atoms with Crippen LogP contribution in [0.3, 0.4) is 0 Å². The van der Waals surface area contributed by atoms with E-state index in [1.807, 2.05) is 18.2 Å². The number of aromatic amines is 1. The van der Waals surface area contributed by atoms with Gasteiger partial charge in [-0.15, -0.1) is 5.10 Å². The first-order chi connectivity index (χ1) is 21.4. The Bertz CT molecular complexity index is 1700. The summed E-state index contributed by atoms with van der Waals surface area (Å²) in [5.41, 5.74) is 4.38. The van der Waals surface area contributed by atoms with Crippen molar-refractivity contribution in [1.29, 1.82) is 0 Å². The highest BCUT2D eigenvalue weighted by molar-refractivity contribution is 6.32. The number of hydrogen-bond acceptors (Lipinski definition) is 7. The number of aryl methyl sites for hydroxylation is 1. The van der Waals surface area contributed by atoms with Crippen molar-refractivity contribution in [2.24, 2.45) is 0 Å². The Morgan fingerprint density at radius 2 is 1.95 bits per heavy atom. The predicted octanol–water partition coefficient (Wildman–Crippen LogP) is 6.27. The molecule has 2 aromatic heterocycles. The van der Waals surface area contributed by atoms with Gasteiger partial charge in [-0.05, 0) is 78.1 Å². The van der Waals surface area contributed by atoms with Crippen LogP contribution in [-0.2, 0) is 21.4 Å². The fourth-order valence-electron chi connectivity index (χ4n) is 6.01.